The smallest absolute Gasteiger partial charge is 0.218 e. The second-order valence-corrected chi connectivity index (χ2v) is 5.93. The molecule has 5 heteroatoms. The molecule has 0 unspecified atom stereocenters. The monoisotopic (exact) mass is 327 g/mol. The topological polar surface area (TPSA) is 37.4 Å². The fraction of sp³-hybridized carbons (Fsp3) is 0.643. The van der Waals surface area contributed by atoms with Gasteiger partial charge in [0.05, 0.1) is 0 Å². The Morgan fingerprint density at radius 1 is 1.47 bits per heavy atom. The zero-order valence-corrected chi connectivity index (χ0v) is 13.2. The summed E-state index contributed by atoms with van der Waals surface area (Å²) >= 11 is 3.47. The van der Waals surface area contributed by atoms with Crippen molar-refractivity contribution in [3.05, 3.63) is 22.3 Å². The van der Waals surface area contributed by atoms with E-state index >= 15 is 0 Å². The highest BCUT2D eigenvalue weighted by atomic mass is 79.9. The average molecular weight is 328 g/mol. The summed E-state index contributed by atoms with van der Waals surface area (Å²) in [5.74, 6) is 0.777. The van der Waals surface area contributed by atoms with Crippen LogP contribution in [0.1, 0.15) is 25.3 Å². The molecule has 1 aliphatic rings. The van der Waals surface area contributed by atoms with E-state index in [2.05, 4.69) is 51.2 Å². The minimum absolute atomic E-state index is 0.297. The molecule has 2 rings (SSSR count). The first kappa shape index (κ1) is 14.8. The first-order valence-corrected chi connectivity index (χ1v) is 7.68. The first-order chi connectivity index (χ1) is 9.19. The van der Waals surface area contributed by atoms with Crippen molar-refractivity contribution in [1.82, 2.24) is 15.2 Å². The maximum absolute atomic E-state index is 6.09. The number of ether oxygens (including phenoxy) is 1. The van der Waals surface area contributed by atoms with Gasteiger partial charge in [-0.05, 0) is 48.4 Å². The second kappa shape index (κ2) is 7.22. The fourth-order valence-corrected chi connectivity index (χ4v) is 2.60. The third-order valence-electron chi connectivity index (χ3n) is 3.40. The molecule has 0 bridgehead atoms. The van der Waals surface area contributed by atoms with Crippen molar-refractivity contribution in [3.63, 3.8) is 0 Å². The Morgan fingerprint density at radius 2 is 2.21 bits per heavy atom. The lowest BCUT2D eigenvalue weighted by Crippen LogP contribution is -2.36. The Morgan fingerprint density at radius 3 is 2.89 bits per heavy atom. The Kier molecular flexibility index (Phi) is 5.60. The van der Waals surface area contributed by atoms with E-state index in [4.69, 9.17) is 4.74 Å². The summed E-state index contributed by atoms with van der Waals surface area (Å²) in [5.41, 5.74) is 1.12. The quantitative estimate of drug-likeness (QED) is 0.901. The first-order valence-electron chi connectivity index (χ1n) is 6.89. The summed E-state index contributed by atoms with van der Waals surface area (Å²) in [7, 11) is 2.16. The van der Waals surface area contributed by atoms with Crippen LogP contribution >= 0.6 is 15.9 Å². The molecule has 4 nitrogen and oxygen atoms in total. The predicted molar refractivity (Wildman–Crippen MR) is 80.5 cm³/mol. The Balaban J connectivity index is 2.02. The number of hydrogen-bond donors (Lipinski definition) is 1. The van der Waals surface area contributed by atoms with Crippen LogP contribution in [0.3, 0.4) is 0 Å². The minimum atomic E-state index is 0.297. The molecule has 1 fully saturated rings. The number of halogens is 1. The molecule has 1 N–H and O–H groups in total. The third-order valence-corrected chi connectivity index (χ3v) is 3.83. The fourth-order valence-electron chi connectivity index (χ4n) is 2.22. The molecule has 0 aliphatic carbocycles. The molecule has 0 radical (unpaired) electrons. The van der Waals surface area contributed by atoms with Crippen molar-refractivity contribution >= 4 is 15.9 Å². The normalized spacial score (nSPS) is 17.6. The number of hydrogen-bond acceptors (Lipinski definition) is 4. The SMILES string of the molecule is CCNCc1cc(Br)cnc1OC1CCN(C)CC1. The van der Waals surface area contributed by atoms with Crippen LogP contribution in [0.5, 0.6) is 5.88 Å². The van der Waals surface area contributed by atoms with Gasteiger partial charge in [-0.2, -0.15) is 0 Å². The molecule has 19 heavy (non-hydrogen) atoms. The van der Waals surface area contributed by atoms with Crippen LogP contribution in [0.4, 0.5) is 0 Å². The number of rotatable bonds is 5. The standard InChI is InChI=1S/C14H22BrN3O/c1-3-16-9-11-8-12(15)10-17-14(11)19-13-4-6-18(2)7-5-13/h8,10,13,16H,3-7,9H2,1-2H3. The van der Waals surface area contributed by atoms with Crippen molar-refractivity contribution in [1.29, 1.82) is 0 Å². The van der Waals surface area contributed by atoms with Gasteiger partial charge in [0.25, 0.3) is 0 Å². The molecule has 0 aromatic carbocycles. The highest BCUT2D eigenvalue weighted by Crippen LogP contribution is 2.23. The molecule has 2 heterocycles. The van der Waals surface area contributed by atoms with Gasteiger partial charge in [-0.1, -0.05) is 6.92 Å². The van der Waals surface area contributed by atoms with E-state index in [1.165, 1.54) is 0 Å². The van der Waals surface area contributed by atoms with Gasteiger partial charge in [-0.3, -0.25) is 0 Å². The van der Waals surface area contributed by atoms with Gasteiger partial charge >= 0.3 is 0 Å². The van der Waals surface area contributed by atoms with Gasteiger partial charge < -0.3 is 15.0 Å². The average Bonchev–Trinajstić information content (AvgIpc) is 2.41. The summed E-state index contributed by atoms with van der Waals surface area (Å²) in [6, 6.07) is 2.08. The summed E-state index contributed by atoms with van der Waals surface area (Å²) in [4.78, 5) is 6.76. The highest BCUT2D eigenvalue weighted by Gasteiger charge is 2.19. The number of nitrogens with one attached hydrogen (secondary N) is 1. The van der Waals surface area contributed by atoms with Crippen LogP contribution in [-0.4, -0.2) is 42.7 Å². The summed E-state index contributed by atoms with van der Waals surface area (Å²) in [5, 5.41) is 3.33. The number of pyridine rings is 1. The van der Waals surface area contributed by atoms with Crippen LogP contribution < -0.4 is 10.1 Å². The third kappa shape index (κ3) is 4.44. The Hall–Kier alpha value is -0.650. The minimum Gasteiger partial charge on any atom is -0.474 e. The van der Waals surface area contributed by atoms with Gasteiger partial charge in [0.15, 0.2) is 0 Å². The molecule has 1 aromatic rings. The van der Waals surface area contributed by atoms with Crippen LogP contribution in [-0.2, 0) is 6.54 Å². The van der Waals surface area contributed by atoms with Crippen molar-refractivity contribution in [2.45, 2.75) is 32.4 Å². The zero-order valence-electron chi connectivity index (χ0n) is 11.7. The van der Waals surface area contributed by atoms with Gasteiger partial charge in [-0.25, -0.2) is 4.98 Å². The van der Waals surface area contributed by atoms with Gasteiger partial charge in [0, 0.05) is 35.9 Å². The molecule has 1 saturated heterocycles. The van der Waals surface area contributed by atoms with Gasteiger partial charge in [-0.15, -0.1) is 0 Å². The molecule has 0 saturated carbocycles. The van der Waals surface area contributed by atoms with E-state index < -0.39 is 0 Å². The van der Waals surface area contributed by atoms with Crippen LogP contribution in [0.15, 0.2) is 16.7 Å². The number of nitrogens with zero attached hydrogens (tertiary/aromatic N) is 2. The van der Waals surface area contributed by atoms with E-state index in [1.54, 1.807) is 6.20 Å². The maximum atomic E-state index is 6.09. The molecular formula is C14H22BrN3O. The molecular weight excluding hydrogens is 306 g/mol. The molecule has 0 atom stereocenters. The zero-order chi connectivity index (χ0) is 13.7. The van der Waals surface area contributed by atoms with E-state index in [9.17, 15) is 0 Å². The number of likely N-dealkylation sites (tertiary alicyclic amines) is 1. The lowest BCUT2D eigenvalue weighted by atomic mass is 10.1. The molecule has 0 amide bonds. The molecule has 1 aliphatic heterocycles. The maximum Gasteiger partial charge on any atom is 0.218 e. The predicted octanol–water partition coefficient (Wildman–Crippen LogP) is 2.43. The van der Waals surface area contributed by atoms with Crippen LogP contribution in [0.25, 0.3) is 0 Å². The van der Waals surface area contributed by atoms with Crippen LogP contribution in [0.2, 0.25) is 0 Å². The Bertz CT molecular complexity index is 406. The van der Waals surface area contributed by atoms with Crippen molar-refractivity contribution < 1.29 is 4.74 Å². The van der Waals surface area contributed by atoms with Crippen molar-refractivity contribution in [2.75, 3.05) is 26.7 Å². The molecule has 1 aromatic heterocycles. The van der Waals surface area contributed by atoms with Crippen molar-refractivity contribution in [2.24, 2.45) is 0 Å². The summed E-state index contributed by atoms with van der Waals surface area (Å²) in [6.45, 7) is 6.04. The molecule has 106 valence electrons. The van der Waals surface area contributed by atoms with Crippen molar-refractivity contribution in [3.8, 4) is 5.88 Å². The lowest BCUT2D eigenvalue weighted by molar-refractivity contribution is 0.109. The van der Waals surface area contributed by atoms with E-state index in [0.29, 0.717) is 6.10 Å². The van der Waals surface area contributed by atoms with E-state index in [0.717, 1.165) is 54.9 Å². The highest BCUT2D eigenvalue weighted by molar-refractivity contribution is 9.10. The molecule has 0 spiro atoms. The van der Waals surface area contributed by atoms with E-state index in [-0.39, 0.29) is 0 Å². The van der Waals surface area contributed by atoms with Gasteiger partial charge in [0.1, 0.15) is 6.10 Å². The number of aromatic nitrogens is 1. The second-order valence-electron chi connectivity index (χ2n) is 5.02. The Labute approximate surface area is 123 Å². The summed E-state index contributed by atoms with van der Waals surface area (Å²) in [6.07, 6.45) is 4.26. The summed E-state index contributed by atoms with van der Waals surface area (Å²) < 4.78 is 7.08. The largest absolute Gasteiger partial charge is 0.474 e. The lowest BCUT2D eigenvalue weighted by Gasteiger charge is -2.29. The van der Waals surface area contributed by atoms with Gasteiger partial charge in [0.2, 0.25) is 5.88 Å². The van der Waals surface area contributed by atoms with Crippen LogP contribution in [0, 0.1) is 0 Å². The number of piperidine rings is 1. The van der Waals surface area contributed by atoms with E-state index in [1.807, 2.05) is 0 Å².